The van der Waals surface area contributed by atoms with Gasteiger partial charge in [0.05, 0.1) is 16.8 Å². The lowest BCUT2D eigenvalue weighted by molar-refractivity contribution is 0.0892. The quantitative estimate of drug-likeness (QED) is 0.938. The summed E-state index contributed by atoms with van der Waals surface area (Å²) in [5.41, 5.74) is 1.72. The van der Waals surface area contributed by atoms with Crippen LogP contribution in [0.2, 0.25) is 0 Å². The first-order valence-electron chi connectivity index (χ1n) is 8.00. The highest BCUT2D eigenvalue weighted by Crippen LogP contribution is 2.39. The van der Waals surface area contributed by atoms with E-state index in [1.807, 2.05) is 6.07 Å². The molecule has 5 heteroatoms. The van der Waals surface area contributed by atoms with Crippen LogP contribution in [0.3, 0.4) is 0 Å². The van der Waals surface area contributed by atoms with Gasteiger partial charge in [0.25, 0.3) is 5.91 Å². The highest BCUT2D eigenvalue weighted by Gasteiger charge is 2.37. The fourth-order valence-electron chi connectivity index (χ4n) is 3.32. The Morgan fingerprint density at radius 2 is 1.88 bits per heavy atom. The average molecular weight is 323 g/mol. The van der Waals surface area contributed by atoms with E-state index in [-0.39, 0.29) is 11.7 Å². The van der Waals surface area contributed by atoms with E-state index in [1.54, 1.807) is 31.2 Å². The van der Waals surface area contributed by atoms with Crippen LogP contribution in [0.1, 0.15) is 53.0 Å². The van der Waals surface area contributed by atoms with E-state index in [0.717, 1.165) is 31.2 Å². The number of aryl methyl sites for hydroxylation is 1. The molecule has 1 saturated carbocycles. The van der Waals surface area contributed by atoms with Crippen LogP contribution >= 0.6 is 0 Å². The Kier molecular flexibility index (Phi) is 4.30. The van der Waals surface area contributed by atoms with Crippen LogP contribution in [0.25, 0.3) is 0 Å². The second-order valence-electron chi connectivity index (χ2n) is 6.19. The summed E-state index contributed by atoms with van der Waals surface area (Å²) in [4.78, 5) is 16.9. The second kappa shape index (κ2) is 6.40. The fraction of sp³-hybridized carbons (Fsp3) is 0.316. The molecule has 24 heavy (non-hydrogen) atoms. The number of rotatable bonds is 3. The van der Waals surface area contributed by atoms with Crippen LogP contribution in [-0.2, 0) is 5.54 Å². The van der Waals surface area contributed by atoms with Crippen molar-refractivity contribution in [2.45, 2.75) is 38.1 Å². The SMILES string of the molecule is Cc1nc(C(=O)NC2(c3ccc(F)cc3)CCCC2)ccc1C#N. The monoisotopic (exact) mass is 323 g/mol. The zero-order valence-corrected chi connectivity index (χ0v) is 13.5. The van der Waals surface area contributed by atoms with E-state index in [9.17, 15) is 9.18 Å². The number of nitrogens with zero attached hydrogens (tertiary/aromatic N) is 2. The molecule has 0 saturated heterocycles. The van der Waals surface area contributed by atoms with Gasteiger partial charge in [-0.15, -0.1) is 0 Å². The third-order valence-corrected chi connectivity index (χ3v) is 4.65. The number of hydrogen-bond acceptors (Lipinski definition) is 3. The zero-order chi connectivity index (χ0) is 17.2. The Morgan fingerprint density at radius 1 is 1.21 bits per heavy atom. The molecule has 122 valence electrons. The van der Waals surface area contributed by atoms with Gasteiger partial charge in [-0.2, -0.15) is 5.26 Å². The number of nitrogens with one attached hydrogen (secondary N) is 1. The van der Waals surface area contributed by atoms with Crippen molar-refractivity contribution in [1.82, 2.24) is 10.3 Å². The predicted octanol–water partition coefficient (Wildman–Crippen LogP) is 3.60. The summed E-state index contributed by atoms with van der Waals surface area (Å²) >= 11 is 0. The lowest BCUT2D eigenvalue weighted by Gasteiger charge is -2.31. The minimum absolute atomic E-state index is 0.270. The molecule has 1 amide bonds. The van der Waals surface area contributed by atoms with Gasteiger partial charge in [-0.3, -0.25) is 4.79 Å². The molecule has 1 aliphatic carbocycles. The van der Waals surface area contributed by atoms with Crippen LogP contribution in [-0.4, -0.2) is 10.9 Å². The molecule has 1 aromatic heterocycles. The van der Waals surface area contributed by atoms with Gasteiger partial charge in [0.1, 0.15) is 17.6 Å². The van der Waals surface area contributed by atoms with Crippen molar-refractivity contribution in [3.8, 4) is 6.07 Å². The maximum absolute atomic E-state index is 13.2. The van der Waals surface area contributed by atoms with Gasteiger partial charge in [0.2, 0.25) is 0 Å². The fourth-order valence-corrected chi connectivity index (χ4v) is 3.32. The smallest absolute Gasteiger partial charge is 0.270 e. The predicted molar refractivity (Wildman–Crippen MR) is 87.7 cm³/mol. The molecule has 1 heterocycles. The summed E-state index contributed by atoms with van der Waals surface area (Å²) in [6.45, 7) is 1.71. The summed E-state index contributed by atoms with van der Waals surface area (Å²) in [5.74, 6) is -0.559. The molecule has 1 aliphatic rings. The summed E-state index contributed by atoms with van der Waals surface area (Å²) in [6.07, 6.45) is 3.66. The van der Waals surface area contributed by atoms with E-state index in [4.69, 9.17) is 5.26 Å². The van der Waals surface area contributed by atoms with Crippen LogP contribution in [0.4, 0.5) is 4.39 Å². The number of nitriles is 1. The number of hydrogen-bond donors (Lipinski definition) is 1. The van der Waals surface area contributed by atoms with Gasteiger partial charge in [-0.1, -0.05) is 25.0 Å². The Labute approximate surface area is 140 Å². The normalized spacial score (nSPS) is 15.7. The molecule has 4 nitrogen and oxygen atoms in total. The van der Waals surface area contributed by atoms with E-state index in [1.165, 1.54) is 12.1 Å². The first kappa shape index (κ1) is 16.1. The lowest BCUT2D eigenvalue weighted by atomic mass is 9.88. The first-order chi connectivity index (χ1) is 11.5. The van der Waals surface area contributed by atoms with Gasteiger partial charge in [0.15, 0.2) is 0 Å². The topological polar surface area (TPSA) is 65.8 Å². The molecule has 3 rings (SSSR count). The van der Waals surface area contributed by atoms with Gasteiger partial charge >= 0.3 is 0 Å². The Morgan fingerprint density at radius 3 is 2.46 bits per heavy atom. The van der Waals surface area contributed by atoms with Crippen molar-refractivity contribution in [3.05, 3.63) is 64.7 Å². The molecule has 0 spiro atoms. The Balaban J connectivity index is 1.88. The molecule has 2 aromatic rings. The number of carbonyl (C=O) groups is 1. The molecular weight excluding hydrogens is 305 g/mol. The van der Waals surface area contributed by atoms with Crippen LogP contribution < -0.4 is 5.32 Å². The number of benzene rings is 1. The molecule has 0 radical (unpaired) electrons. The Bertz CT molecular complexity index is 802. The van der Waals surface area contributed by atoms with Crippen LogP contribution in [0.5, 0.6) is 0 Å². The summed E-state index contributed by atoms with van der Waals surface area (Å²) in [7, 11) is 0. The van der Waals surface area contributed by atoms with E-state index in [2.05, 4.69) is 10.3 Å². The molecule has 1 aromatic carbocycles. The standard InChI is InChI=1S/C19H18FN3O/c1-13-14(12-21)4-9-17(22-13)18(24)23-19(10-2-3-11-19)15-5-7-16(20)8-6-15/h4-9H,2-3,10-11H2,1H3,(H,23,24). The van der Waals surface area contributed by atoms with Crippen molar-refractivity contribution in [1.29, 1.82) is 5.26 Å². The van der Waals surface area contributed by atoms with E-state index >= 15 is 0 Å². The van der Waals surface area contributed by atoms with Gasteiger partial charge < -0.3 is 5.32 Å². The van der Waals surface area contributed by atoms with Gasteiger partial charge in [-0.05, 0) is 49.6 Å². The lowest BCUT2D eigenvalue weighted by Crippen LogP contribution is -2.44. The third kappa shape index (κ3) is 3.00. The molecule has 0 aliphatic heterocycles. The molecule has 0 atom stereocenters. The maximum Gasteiger partial charge on any atom is 0.270 e. The third-order valence-electron chi connectivity index (χ3n) is 4.65. The zero-order valence-electron chi connectivity index (χ0n) is 13.5. The number of pyridine rings is 1. The van der Waals surface area contributed by atoms with Crippen molar-refractivity contribution in [3.63, 3.8) is 0 Å². The molecule has 1 fully saturated rings. The molecule has 0 unspecified atom stereocenters. The average Bonchev–Trinajstić information content (AvgIpc) is 3.05. The van der Waals surface area contributed by atoms with Gasteiger partial charge in [-0.25, -0.2) is 9.37 Å². The van der Waals surface area contributed by atoms with Gasteiger partial charge in [0, 0.05) is 0 Å². The molecule has 0 bridgehead atoms. The number of amides is 1. The van der Waals surface area contributed by atoms with Crippen molar-refractivity contribution in [2.24, 2.45) is 0 Å². The molecular formula is C19H18FN3O. The minimum Gasteiger partial charge on any atom is -0.341 e. The number of halogens is 1. The second-order valence-corrected chi connectivity index (χ2v) is 6.19. The first-order valence-corrected chi connectivity index (χ1v) is 8.00. The maximum atomic E-state index is 13.2. The van der Waals surface area contributed by atoms with Crippen molar-refractivity contribution < 1.29 is 9.18 Å². The summed E-state index contributed by atoms with van der Waals surface area (Å²) in [5, 5.41) is 12.1. The van der Waals surface area contributed by atoms with Crippen molar-refractivity contribution in [2.75, 3.05) is 0 Å². The minimum atomic E-state index is -0.478. The molecule has 1 N–H and O–H groups in total. The summed E-state index contributed by atoms with van der Waals surface area (Å²) in [6, 6.07) is 11.5. The van der Waals surface area contributed by atoms with E-state index < -0.39 is 5.54 Å². The van der Waals surface area contributed by atoms with Crippen LogP contribution in [0.15, 0.2) is 36.4 Å². The highest BCUT2D eigenvalue weighted by molar-refractivity contribution is 5.93. The summed E-state index contributed by atoms with van der Waals surface area (Å²) < 4.78 is 13.2. The largest absolute Gasteiger partial charge is 0.341 e. The number of aromatic nitrogens is 1. The van der Waals surface area contributed by atoms with E-state index in [0.29, 0.717) is 17.0 Å². The highest BCUT2D eigenvalue weighted by atomic mass is 19.1. The Hall–Kier alpha value is -2.74. The van der Waals surface area contributed by atoms with Crippen LogP contribution in [0, 0.1) is 24.1 Å². The number of carbonyl (C=O) groups excluding carboxylic acids is 1. The van der Waals surface area contributed by atoms with Crippen molar-refractivity contribution >= 4 is 5.91 Å².